The fourth-order valence-corrected chi connectivity index (χ4v) is 2.38. The van der Waals surface area contributed by atoms with Gasteiger partial charge in [0.2, 0.25) is 0 Å². The number of aliphatic carboxylic acids is 1. The van der Waals surface area contributed by atoms with E-state index < -0.39 is 5.97 Å². The van der Waals surface area contributed by atoms with Gasteiger partial charge in [-0.05, 0) is 24.1 Å². The van der Waals surface area contributed by atoms with Crippen LogP contribution >= 0.6 is 0 Å². The molecule has 0 aliphatic carbocycles. The van der Waals surface area contributed by atoms with Gasteiger partial charge in [-0.15, -0.1) is 0 Å². The lowest BCUT2D eigenvalue weighted by atomic mass is 10.2. The molecule has 0 aliphatic rings. The molecular weight excluding hydrogens is 290 g/mol. The molecule has 122 valence electrons. The van der Waals surface area contributed by atoms with Gasteiger partial charge in [0.05, 0.1) is 6.42 Å². The first kappa shape index (κ1) is 16.9. The Labute approximate surface area is 137 Å². The largest absolute Gasteiger partial charge is 0.489 e. The van der Waals surface area contributed by atoms with Gasteiger partial charge in [-0.1, -0.05) is 43.3 Å². The molecule has 2 rings (SSSR count). The van der Waals surface area contributed by atoms with Gasteiger partial charge in [0.25, 0.3) is 0 Å². The van der Waals surface area contributed by atoms with Crippen molar-refractivity contribution < 1.29 is 14.6 Å². The van der Waals surface area contributed by atoms with Crippen molar-refractivity contribution in [1.82, 2.24) is 0 Å². The number of rotatable bonds is 9. The Morgan fingerprint density at radius 1 is 1.09 bits per heavy atom. The molecule has 23 heavy (non-hydrogen) atoms. The highest BCUT2D eigenvalue weighted by atomic mass is 16.5. The molecule has 0 unspecified atom stereocenters. The molecule has 0 aliphatic heterocycles. The maximum atomic E-state index is 10.8. The monoisotopic (exact) mass is 313 g/mol. The summed E-state index contributed by atoms with van der Waals surface area (Å²) >= 11 is 0. The molecule has 2 aromatic carbocycles. The summed E-state index contributed by atoms with van der Waals surface area (Å²) in [4.78, 5) is 12.9. The average molecular weight is 313 g/mol. The summed E-state index contributed by atoms with van der Waals surface area (Å²) in [5.41, 5.74) is 2.12. The lowest BCUT2D eigenvalue weighted by Crippen LogP contribution is -2.26. The molecule has 0 radical (unpaired) electrons. The lowest BCUT2D eigenvalue weighted by Gasteiger charge is -2.24. The number of benzene rings is 2. The van der Waals surface area contributed by atoms with E-state index in [1.165, 1.54) is 0 Å². The Morgan fingerprint density at radius 2 is 1.87 bits per heavy atom. The second-order valence-electron chi connectivity index (χ2n) is 5.40. The van der Waals surface area contributed by atoms with E-state index in [0.29, 0.717) is 13.2 Å². The summed E-state index contributed by atoms with van der Waals surface area (Å²) in [6.45, 7) is 3.94. The highest BCUT2D eigenvalue weighted by molar-refractivity contribution is 5.67. The zero-order chi connectivity index (χ0) is 16.5. The number of nitrogens with zero attached hydrogens (tertiary/aromatic N) is 1. The molecule has 2 aromatic rings. The number of carboxylic acids is 1. The molecular formula is C19H23NO3. The Hall–Kier alpha value is -2.49. The van der Waals surface area contributed by atoms with Crippen molar-refractivity contribution in [2.75, 3.05) is 18.0 Å². The summed E-state index contributed by atoms with van der Waals surface area (Å²) in [6.07, 6.45) is 1.10. The van der Waals surface area contributed by atoms with Gasteiger partial charge < -0.3 is 14.7 Å². The van der Waals surface area contributed by atoms with Crippen LogP contribution in [0.5, 0.6) is 5.75 Å². The highest BCUT2D eigenvalue weighted by Gasteiger charge is 2.09. The van der Waals surface area contributed by atoms with Crippen LogP contribution in [0.25, 0.3) is 0 Å². The minimum atomic E-state index is -0.775. The Balaban J connectivity index is 2.02. The van der Waals surface area contributed by atoms with E-state index in [4.69, 9.17) is 9.84 Å². The van der Waals surface area contributed by atoms with Gasteiger partial charge in [0.1, 0.15) is 12.4 Å². The summed E-state index contributed by atoms with van der Waals surface area (Å²) < 4.78 is 5.84. The maximum absolute atomic E-state index is 10.8. The van der Waals surface area contributed by atoms with Crippen molar-refractivity contribution in [1.29, 1.82) is 0 Å². The molecule has 0 fully saturated rings. The van der Waals surface area contributed by atoms with Crippen LogP contribution in [-0.2, 0) is 11.4 Å². The van der Waals surface area contributed by atoms with Crippen molar-refractivity contribution in [2.45, 2.75) is 26.4 Å². The van der Waals surface area contributed by atoms with Crippen LogP contribution < -0.4 is 9.64 Å². The zero-order valence-corrected chi connectivity index (χ0v) is 13.4. The second-order valence-corrected chi connectivity index (χ2v) is 5.40. The summed E-state index contributed by atoms with van der Waals surface area (Å²) in [5, 5.41) is 8.89. The Morgan fingerprint density at radius 3 is 2.57 bits per heavy atom. The molecule has 4 nitrogen and oxygen atoms in total. The first-order valence-electron chi connectivity index (χ1n) is 7.92. The van der Waals surface area contributed by atoms with Crippen LogP contribution in [0, 0.1) is 0 Å². The third kappa shape index (κ3) is 5.66. The average Bonchev–Trinajstić information content (AvgIpc) is 2.58. The second kappa shape index (κ2) is 8.83. The fourth-order valence-electron chi connectivity index (χ4n) is 2.38. The predicted octanol–water partition coefficient (Wildman–Crippen LogP) is 3.96. The quantitative estimate of drug-likeness (QED) is 0.761. The Kier molecular flexibility index (Phi) is 6.48. The van der Waals surface area contributed by atoms with E-state index in [1.807, 2.05) is 54.6 Å². The topological polar surface area (TPSA) is 49.8 Å². The molecule has 0 heterocycles. The third-order valence-electron chi connectivity index (χ3n) is 3.52. The number of ether oxygens (including phenoxy) is 1. The van der Waals surface area contributed by atoms with Crippen LogP contribution in [0.1, 0.15) is 25.3 Å². The normalized spacial score (nSPS) is 10.3. The first-order chi connectivity index (χ1) is 11.2. The van der Waals surface area contributed by atoms with Crippen LogP contribution in [-0.4, -0.2) is 24.2 Å². The summed E-state index contributed by atoms with van der Waals surface area (Å²) in [7, 11) is 0. The van der Waals surface area contributed by atoms with Gasteiger partial charge in [0.15, 0.2) is 0 Å². The predicted molar refractivity (Wildman–Crippen MR) is 92.0 cm³/mol. The number of carbonyl (C=O) groups is 1. The number of hydrogen-bond acceptors (Lipinski definition) is 3. The van der Waals surface area contributed by atoms with E-state index >= 15 is 0 Å². The molecule has 0 amide bonds. The van der Waals surface area contributed by atoms with Crippen LogP contribution in [0.15, 0.2) is 54.6 Å². The van der Waals surface area contributed by atoms with Crippen molar-refractivity contribution in [2.24, 2.45) is 0 Å². The van der Waals surface area contributed by atoms with Crippen LogP contribution in [0.2, 0.25) is 0 Å². The van der Waals surface area contributed by atoms with Crippen LogP contribution in [0.3, 0.4) is 0 Å². The standard InChI is InChI=1S/C19H23NO3/c1-2-12-20(13-11-19(21)22)17-9-6-10-18(14-17)23-15-16-7-4-3-5-8-16/h3-10,14H,2,11-13,15H2,1H3,(H,21,22). The van der Waals surface area contributed by atoms with Gasteiger partial charge >= 0.3 is 5.97 Å². The third-order valence-corrected chi connectivity index (χ3v) is 3.52. The molecule has 0 saturated heterocycles. The maximum Gasteiger partial charge on any atom is 0.305 e. The van der Waals surface area contributed by atoms with Gasteiger partial charge in [0, 0.05) is 24.8 Å². The van der Waals surface area contributed by atoms with Crippen molar-refractivity contribution in [3.63, 3.8) is 0 Å². The van der Waals surface area contributed by atoms with Crippen molar-refractivity contribution in [3.05, 3.63) is 60.2 Å². The minimum absolute atomic E-state index is 0.134. The number of hydrogen-bond donors (Lipinski definition) is 1. The van der Waals surface area contributed by atoms with E-state index in [1.54, 1.807) is 0 Å². The lowest BCUT2D eigenvalue weighted by molar-refractivity contribution is -0.136. The number of carboxylic acid groups (broad SMARTS) is 1. The molecule has 0 aromatic heterocycles. The molecule has 4 heteroatoms. The molecule has 1 N–H and O–H groups in total. The van der Waals surface area contributed by atoms with Gasteiger partial charge in [-0.25, -0.2) is 0 Å². The fraction of sp³-hybridized carbons (Fsp3) is 0.316. The van der Waals surface area contributed by atoms with E-state index in [2.05, 4.69) is 11.8 Å². The summed E-state index contributed by atoms with van der Waals surface area (Å²) in [6, 6.07) is 17.9. The Bertz CT molecular complexity index is 613. The smallest absolute Gasteiger partial charge is 0.305 e. The van der Waals surface area contributed by atoms with Gasteiger partial charge in [-0.2, -0.15) is 0 Å². The van der Waals surface area contributed by atoms with Gasteiger partial charge in [-0.3, -0.25) is 4.79 Å². The van der Waals surface area contributed by atoms with E-state index in [9.17, 15) is 4.79 Å². The van der Waals surface area contributed by atoms with Crippen molar-refractivity contribution in [3.8, 4) is 5.75 Å². The first-order valence-corrected chi connectivity index (χ1v) is 7.92. The van der Waals surface area contributed by atoms with Crippen LogP contribution in [0.4, 0.5) is 5.69 Å². The van der Waals surface area contributed by atoms with E-state index in [-0.39, 0.29) is 6.42 Å². The molecule has 0 bridgehead atoms. The van der Waals surface area contributed by atoms with E-state index in [0.717, 1.165) is 30.0 Å². The summed E-state index contributed by atoms with van der Waals surface area (Å²) in [5.74, 6) is 0.0189. The molecule has 0 atom stereocenters. The van der Waals surface area contributed by atoms with Crippen molar-refractivity contribution >= 4 is 11.7 Å². The highest BCUT2D eigenvalue weighted by Crippen LogP contribution is 2.22. The molecule has 0 saturated carbocycles. The molecule has 0 spiro atoms. The minimum Gasteiger partial charge on any atom is -0.489 e. The zero-order valence-electron chi connectivity index (χ0n) is 13.4. The number of anilines is 1. The SMILES string of the molecule is CCCN(CCC(=O)O)c1cccc(OCc2ccccc2)c1.